The third-order valence-electron chi connectivity index (χ3n) is 3.83. The maximum atomic E-state index is 9.72. The molecule has 1 N–H and O–H groups in total. The van der Waals surface area contributed by atoms with Gasteiger partial charge < -0.3 is 5.11 Å². The van der Waals surface area contributed by atoms with Crippen LogP contribution in [0, 0.1) is 6.92 Å². The second-order valence-corrected chi connectivity index (χ2v) is 4.81. The lowest BCUT2D eigenvalue weighted by Crippen LogP contribution is -2.33. The van der Waals surface area contributed by atoms with Gasteiger partial charge in [-0.1, -0.05) is 43.5 Å². The minimum Gasteiger partial charge on any atom is -0.395 e. The molecule has 1 saturated carbocycles. The van der Waals surface area contributed by atoms with Crippen molar-refractivity contribution in [3.05, 3.63) is 35.4 Å². The van der Waals surface area contributed by atoms with E-state index in [1.165, 1.54) is 30.4 Å². The summed E-state index contributed by atoms with van der Waals surface area (Å²) in [4.78, 5) is 0. The van der Waals surface area contributed by atoms with Crippen molar-refractivity contribution in [3.63, 3.8) is 0 Å². The number of benzene rings is 1. The molecule has 1 fully saturated rings. The number of aryl methyl sites for hydroxylation is 1. The van der Waals surface area contributed by atoms with Crippen LogP contribution in [-0.2, 0) is 5.41 Å². The highest BCUT2D eigenvalue weighted by molar-refractivity contribution is 5.34. The standard InChI is InChI=1S/C14H20O/c1-12-7-3-4-8-13(12)14(11-15)9-5-2-6-10-14/h3-4,7-8,15H,2,5-6,9-11H2,1H3. The van der Waals surface area contributed by atoms with Gasteiger partial charge in [-0.3, -0.25) is 0 Å². The van der Waals surface area contributed by atoms with Gasteiger partial charge in [0.1, 0.15) is 0 Å². The molecule has 1 heteroatoms. The van der Waals surface area contributed by atoms with Crippen LogP contribution in [-0.4, -0.2) is 11.7 Å². The molecule has 15 heavy (non-hydrogen) atoms. The number of aliphatic hydroxyl groups excluding tert-OH is 1. The molecular weight excluding hydrogens is 184 g/mol. The smallest absolute Gasteiger partial charge is 0.0528 e. The van der Waals surface area contributed by atoms with Gasteiger partial charge in [-0.15, -0.1) is 0 Å². The van der Waals surface area contributed by atoms with Crippen LogP contribution in [0.3, 0.4) is 0 Å². The number of hydrogen-bond acceptors (Lipinski definition) is 1. The van der Waals surface area contributed by atoms with Gasteiger partial charge >= 0.3 is 0 Å². The normalized spacial score (nSPS) is 20.1. The predicted molar refractivity (Wildman–Crippen MR) is 63.0 cm³/mol. The van der Waals surface area contributed by atoms with E-state index in [0.29, 0.717) is 6.61 Å². The molecule has 0 bridgehead atoms. The van der Waals surface area contributed by atoms with Crippen molar-refractivity contribution >= 4 is 0 Å². The Morgan fingerprint density at radius 2 is 1.80 bits per heavy atom. The van der Waals surface area contributed by atoms with E-state index in [1.807, 2.05) is 0 Å². The van der Waals surface area contributed by atoms with Crippen LogP contribution >= 0.6 is 0 Å². The lowest BCUT2D eigenvalue weighted by atomic mass is 9.69. The lowest BCUT2D eigenvalue weighted by Gasteiger charge is -2.37. The molecule has 82 valence electrons. The largest absolute Gasteiger partial charge is 0.395 e. The highest BCUT2D eigenvalue weighted by atomic mass is 16.3. The van der Waals surface area contributed by atoms with Crippen LogP contribution in [0.2, 0.25) is 0 Å². The fourth-order valence-corrected chi connectivity index (χ4v) is 2.91. The molecule has 1 aromatic rings. The zero-order valence-corrected chi connectivity index (χ0v) is 9.50. The molecule has 2 rings (SSSR count). The molecule has 0 radical (unpaired) electrons. The number of rotatable bonds is 2. The zero-order valence-electron chi connectivity index (χ0n) is 9.50. The predicted octanol–water partition coefficient (Wildman–Crippen LogP) is 3.19. The molecule has 0 aromatic heterocycles. The van der Waals surface area contributed by atoms with E-state index in [4.69, 9.17) is 0 Å². The molecule has 0 spiro atoms. The molecular formula is C14H20O. The van der Waals surface area contributed by atoms with E-state index in [0.717, 1.165) is 12.8 Å². The topological polar surface area (TPSA) is 20.2 Å². The van der Waals surface area contributed by atoms with Crippen molar-refractivity contribution in [2.45, 2.75) is 44.4 Å². The van der Waals surface area contributed by atoms with E-state index in [-0.39, 0.29) is 5.41 Å². The quantitative estimate of drug-likeness (QED) is 0.784. The maximum Gasteiger partial charge on any atom is 0.0528 e. The Kier molecular flexibility index (Phi) is 3.11. The summed E-state index contributed by atoms with van der Waals surface area (Å²) >= 11 is 0. The molecule has 0 heterocycles. The fourth-order valence-electron chi connectivity index (χ4n) is 2.91. The molecule has 0 aliphatic heterocycles. The van der Waals surface area contributed by atoms with Crippen molar-refractivity contribution < 1.29 is 5.11 Å². The monoisotopic (exact) mass is 204 g/mol. The van der Waals surface area contributed by atoms with Crippen LogP contribution in [0.25, 0.3) is 0 Å². The Balaban J connectivity index is 2.36. The first kappa shape index (κ1) is 10.7. The van der Waals surface area contributed by atoms with E-state index in [9.17, 15) is 5.11 Å². The van der Waals surface area contributed by atoms with Gasteiger partial charge in [-0.2, -0.15) is 0 Å². The summed E-state index contributed by atoms with van der Waals surface area (Å²) in [6.07, 6.45) is 6.14. The van der Waals surface area contributed by atoms with Crippen LogP contribution in [0.5, 0.6) is 0 Å². The third kappa shape index (κ3) is 1.93. The summed E-state index contributed by atoms with van der Waals surface area (Å²) in [6.45, 7) is 2.46. The molecule has 1 aliphatic carbocycles. The Morgan fingerprint density at radius 1 is 1.13 bits per heavy atom. The summed E-state index contributed by atoms with van der Waals surface area (Å²) < 4.78 is 0. The summed E-state index contributed by atoms with van der Waals surface area (Å²) in [7, 11) is 0. The third-order valence-corrected chi connectivity index (χ3v) is 3.83. The van der Waals surface area contributed by atoms with Crippen molar-refractivity contribution in [1.29, 1.82) is 0 Å². The molecule has 0 atom stereocenters. The van der Waals surface area contributed by atoms with Crippen LogP contribution < -0.4 is 0 Å². The number of hydrogen-bond donors (Lipinski definition) is 1. The minimum absolute atomic E-state index is 0.0591. The van der Waals surface area contributed by atoms with Crippen molar-refractivity contribution in [2.75, 3.05) is 6.61 Å². The van der Waals surface area contributed by atoms with E-state index < -0.39 is 0 Å². The van der Waals surface area contributed by atoms with Gasteiger partial charge in [-0.25, -0.2) is 0 Å². The minimum atomic E-state index is 0.0591. The first-order valence-electron chi connectivity index (χ1n) is 5.95. The molecule has 0 amide bonds. The Labute approximate surface area is 92.1 Å². The summed E-state index contributed by atoms with van der Waals surface area (Å²) in [6, 6.07) is 8.51. The van der Waals surface area contributed by atoms with Gasteiger partial charge in [0.2, 0.25) is 0 Å². The fraction of sp³-hybridized carbons (Fsp3) is 0.571. The second kappa shape index (κ2) is 4.36. The van der Waals surface area contributed by atoms with Gasteiger partial charge in [0.05, 0.1) is 6.61 Å². The highest BCUT2D eigenvalue weighted by Gasteiger charge is 2.33. The van der Waals surface area contributed by atoms with Crippen LogP contribution in [0.15, 0.2) is 24.3 Å². The molecule has 0 saturated heterocycles. The van der Waals surface area contributed by atoms with Gasteiger partial charge in [0, 0.05) is 5.41 Å². The average Bonchev–Trinajstić information content (AvgIpc) is 2.30. The van der Waals surface area contributed by atoms with Crippen LogP contribution in [0.4, 0.5) is 0 Å². The average molecular weight is 204 g/mol. The van der Waals surface area contributed by atoms with E-state index in [2.05, 4.69) is 31.2 Å². The lowest BCUT2D eigenvalue weighted by molar-refractivity contribution is 0.151. The Morgan fingerprint density at radius 3 is 2.40 bits per heavy atom. The Hall–Kier alpha value is -0.820. The van der Waals surface area contributed by atoms with E-state index >= 15 is 0 Å². The second-order valence-electron chi connectivity index (χ2n) is 4.81. The van der Waals surface area contributed by atoms with Gasteiger partial charge in [-0.05, 0) is 30.9 Å². The van der Waals surface area contributed by atoms with Gasteiger partial charge in [0.25, 0.3) is 0 Å². The first-order valence-corrected chi connectivity index (χ1v) is 5.95. The summed E-state index contributed by atoms with van der Waals surface area (Å²) in [5, 5.41) is 9.72. The summed E-state index contributed by atoms with van der Waals surface area (Å²) in [5.41, 5.74) is 2.75. The van der Waals surface area contributed by atoms with Crippen molar-refractivity contribution in [1.82, 2.24) is 0 Å². The highest BCUT2D eigenvalue weighted by Crippen LogP contribution is 2.40. The van der Waals surface area contributed by atoms with E-state index in [1.54, 1.807) is 0 Å². The maximum absolute atomic E-state index is 9.72. The van der Waals surface area contributed by atoms with Crippen molar-refractivity contribution in [3.8, 4) is 0 Å². The molecule has 1 aliphatic rings. The molecule has 1 nitrogen and oxygen atoms in total. The molecule has 0 unspecified atom stereocenters. The van der Waals surface area contributed by atoms with Crippen molar-refractivity contribution in [2.24, 2.45) is 0 Å². The van der Waals surface area contributed by atoms with Crippen LogP contribution in [0.1, 0.15) is 43.2 Å². The number of aliphatic hydroxyl groups is 1. The first-order chi connectivity index (χ1) is 7.28. The zero-order chi connectivity index (χ0) is 10.7. The van der Waals surface area contributed by atoms with Gasteiger partial charge in [0.15, 0.2) is 0 Å². The Bertz CT molecular complexity index is 324. The SMILES string of the molecule is Cc1ccccc1C1(CO)CCCCC1. The molecule has 1 aromatic carbocycles. The summed E-state index contributed by atoms with van der Waals surface area (Å²) in [5.74, 6) is 0.